The first-order valence-electron chi connectivity index (χ1n) is 7.63. The SMILES string of the molecule is CC(Sc1nnc(-c2ccncc2)o1)C(=O)N(C(C)C)C(C)C. The van der Waals surface area contributed by atoms with Crippen molar-refractivity contribution in [2.24, 2.45) is 0 Å². The van der Waals surface area contributed by atoms with Crippen molar-refractivity contribution in [2.75, 3.05) is 0 Å². The van der Waals surface area contributed by atoms with E-state index in [1.54, 1.807) is 24.5 Å². The van der Waals surface area contributed by atoms with Gasteiger partial charge in [0.25, 0.3) is 5.22 Å². The second-order valence-corrected chi connectivity index (χ2v) is 7.09. The summed E-state index contributed by atoms with van der Waals surface area (Å²) < 4.78 is 5.63. The first-order chi connectivity index (χ1) is 10.9. The molecule has 0 saturated heterocycles. The van der Waals surface area contributed by atoms with Crippen molar-refractivity contribution in [3.8, 4) is 11.5 Å². The predicted octanol–water partition coefficient (Wildman–Crippen LogP) is 3.26. The highest BCUT2D eigenvalue weighted by Gasteiger charge is 2.27. The molecule has 0 N–H and O–H groups in total. The normalized spacial score (nSPS) is 12.7. The molecule has 0 radical (unpaired) electrons. The van der Waals surface area contributed by atoms with Crippen molar-refractivity contribution in [1.82, 2.24) is 20.1 Å². The summed E-state index contributed by atoms with van der Waals surface area (Å²) in [6.07, 6.45) is 3.34. The highest BCUT2D eigenvalue weighted by Crippen LogP contribution is 2.27. The molecule has 0 bridgehead atoms. The third-order valence-corrected chi connectivity index (χ3v) is 4.25. The number of carbonyl (C=O) groups is 1. The van der Waals surface area contributed by atoms with E-state index in [4.69, 9.17) is 4.42 Å². The van der Waals surface area contributed by atoms with Gasteiger partial charge in [0.1, 0.15) is 0 Å². The van der Waals surface area contributed by atoms with Crippen LogP contribution in [0.25, 0.3) is 11.5 Å². The molecule has 124 valence electrons. The maximum atomic E-state index is 12.6. The van der Waals surface area contributed by atoms with Gasteiger partial charge in [0, 0.05) is 30.0 Å². The molecule has 1 unspecified atom stereocenters. The van der Waals surface area contributed by atoms with Crippen molar-refractivity contribution >= 4 is 17.7 Å². The Balaban J connectivity index is 2.07. The van der Waals surface area contributed by atoms with E-state index in [0.717, 1.165) is 5.56 Å². The molecule has 0 aliphatic heterocycles. The van der Waals surface area contributed by atoms with Gasteiger partial charge in [-0.3, -0.25) is 9.78 Å². The lowest BCUT2D eigenvalue weighted by Crippen LogP contribution is -2.45. The molecular weight excluding hydrogens is 312 g/mol. The summed E-state index contributed by atoms with van der Waals surface area (Å²) in [7, 11) is 0. The van der Waals surface area contributed by atoms with E-state index < -0.39 is 0 Å². The molecule has 0 saturated carbocycles. The van der Waals surface area contributed by atoms with Crippen LogP contribution in [-0.2, 0) is 4.79 Å². The fraction of sp³-hybridized carbons (Fsp3) is 0.500. The van der Waals surface area contributed by atoms with Crippen LogP contribution in [0.3, 0.4) is 0 Å². The number of amides is 1. The minimum atomic E-state index is -0.287. The van der Waals surface area contributed by atoms with Crippen LogP contribution in [0.4, 0.5) is 0 Å². The smallest absolute Gasteiger partial charge is 0.277 e. The number of nitrogens with zero attached hydrogens (tertiary/aromatic N) is 4. The monoisotopic (exact) mass is 334 g/mol. The van der Waals surface area contributed by atoms with Gasteiger partial charge in [0.15, 0.2) is 0 Å². The van der Waals surface area contributed by atoms with Gasteiger partial charge in [-0.2, -0.15) is 0 Å². The lowest BCUT2D eigenvalue weighted by Gasteiger charge is -2.32. The summed E-state index contributed by atoms with van der Waals surface area (Å²) in [5.74, 6) is 0.503. The third kappa shape index (κ3) is 4.31. The second kappa shape index (κ2) is 7.59. The minimum Gasteiger partial charge on any atom is -0.411 e. The average molecular weight is 334 g/mol. The Morgan fingerprint density at radius 2 is 1.70 bits per heavy atom. The van der Waals surface area contributed by atoms with Crippen LogP contribution in [0.2, 0.25) is 0 Å². The molecule has 6 nitrogen and oxygen atoms in total. The maximum absolute atomic E-state index is 12.6. The van der Waals surface area contributed by atoms with Gasteiger partial charge in [-0.15, -0.1) is 10.2 Å². The van der Waals surface area contributed by atoms with Gasteiger partial charge in [-0.1, -0.05) is 11.8 Å². The van der Waals surface area contributed by atoms with Crippen molar-refractivity contribution in [2.45, 2.75) is 57.2 Å². The summed E-state index contributed by atoms with van der Waals surface area (Å²) in [5.41, 5.74) is 0.810. The summed E-state index contributed by atoms with van der Waals surface area (Å²) in [4.78, 5) is 18.4. The molecule has 0 aliphatic rings. The van der Waals surface area contributed by atoms with Gasteiger partial charge in [-0.25, -0.2) is 0 Å². The fourth-order valence-corrected chi connectivity index (χ4v) is 3.13. The Hall–Kier alpha value is -1.89. The van der Waals surface area contributed by atoms with E-state index in [0.29, 0.717) is 11.1 Å². The molecule has 1 amide bonds. The number of thioether (sulfide) groups is 1. The van der Waals surface area contributed by atoms with Crippen LogP contribution >= 0.6 is 11.8 Å². The highest BCUT2D eigenvalue weighted by atomic mass is 32.2. The van der Waals surface area contributed by atoms with Gasteiger partial charge in [-0.05, 0) is 46.8 Å². The van der Waals surface area contributed by atoms with Crippen LogP contribution in [-0.4, -0.2) is 43.3 Å². The molecule has 7 heteroatoms. The van der Waals surface area contributed by atoms with E-state index in [-0.39, 0.29) is 23.2 Å². The first kappa shape index (κ1) is 17.5. The zero-order valence-electron chi connectivity index (χ0n) is 14.1. The van der Waals surface area contributed by atoms with E-state index in [1.165, 1.54) is 11.8 Å². The van der Waals surface area contributed by atoms with Crippen molar-refractivity contribution < 1.29 is 9.21 Å². The van der Waals surface area contributed by atoms with Crippen molar-refractivity contribution in [3.63, 3.8) is 0 Å². The van der Waals surface area contributed by atoms with E-state index in [2.05, 4.69) is 15.2 Å². The van der Waals surface area contributed by atoms with Crippen LogP contribution in [0.5, 0.6) is 0 Å². The maximum Gasteiger partial charge on any atom is 0.277 e. The number of carbonyl (C=O) groups excluding carboxylic acids is 1. The Bertz CT molecular complexity index is 635. The lowest BCUT2D eigenvalue weighted by molar-refractivity contribution is -0.133. The zero-order chi connectivity index (χ0) is 17.0. The zero-order valence-corrected chi connectivity index (χ0v) is 14.9. The highest BCUT2D eigenvalue weighted by molar-refractivity contribution is 8.00. The largest absolute Gasteiger partial charge is 0.411 e. The van der Waals surface area contributed by atoms with Gasteiger partial charge in [0.2, 0.25) is 11.8 Å². The Morgan fingerprint density at radius 1 is 1.09 bits per heavy atom. The number of hydrogen-bond acceptors (Lipinski definition) is 6. The van der Waals surface area contributed by atoms with Crippen LogP contribution < -0.4 is 0 Å². The first-order valence-corrected chi connectivity index (χ1v) is 8.50. The molecule has 0 aromatic carbocycles. The van der Waals surface area contributed by atoms with E-state index >= 15 is 0 Å². The quantitative estimate of drug-likeness (QED) is 0.755. The van der Waals surface area contributed by atoms with Crippen LogP contribution in [0.15, 0.2) is 34.2 Å². The van der Waals surface area contributed by atoms with E-state index in [1.807, 2.05) is 39.5 Å². The predicted molar refractivity (Wildman–Crippen MR) is 90.0 cm³/mol. The molecular formula is C16H22N4O2S. The van der Waals surface area contributed by atoms with Gasteiger partial charge >= 0.3 is 0 Å². The minimum absolute atomic E-state index is 0.0728. The third-order valence-electron chi connectivity index (χ3n) is 3.33. The Labute approximate surface area is 140 Å². The lowest BCUT2D eigenvalue weighted by atomic mass is 10.2. The summed E-state index contributed by atoms with van der Waals surface area (Å²) in [5, 5.41) is 8.15. The molecule has 0 spiro atoms. The summed E-state index contributed by atoms with van der Waals surface area (Å²) in [6.45, 7) is 9.93. The number of hydrogen-bond donors (Lipinski definition) is 0. The Morgan fingerprint density at radius 3 is 2.26 bits per heavy atom. The molecule has 1 atom stereocenters. The molecule has 2 heterocycles. The summed E-state index contributed by atoms with van der Waals surface area (Å²) >= 11 is 1.28. The molecule has 23 heavy (non-hydrogen) atoms. The van der Waals surface area contributed by atoms with Gasteiger partial charge < -0.3 is 9.32 Å². The van der Waals surface area contributed by atoms with E-state index in [9.17, 15) is 4.79 Å². The van der Waals surface area contributed by atoms with Crippen molar-refractivity contribution in [3.05, 3.63) is 24.5 Å². The summed E-state index contributed by atoms with van der Waals surface area (Å²) in [6, 6.07) is 3.91. The molecule has 2 rings (SSSR count). The fourth-order valence-electron chi connectivity index (χ4n) is 2.39. The number of pyridine rings is 1. The van der Waals surface area contributed by atoms with Crippen molar-refractivity contribution in [1.29, 1.82) is 0 Å². The molecule has 2 aromatic rings. The molecule has 2 aromatic heterocycles. The Kier molecular flexibility index (Phi) is 5.76. The van der Waals surface area contributed by atoms with Crippen LogP contribution in [0, 0.1) is 0 Å². The number of aromatic nitrogens is 3. The second-order valence-electron chi connectivity index (χ2n) is 5.80. The topological polar surface area (TPSA) is 72.1 Å². The number of rotatable bonds is 6. The standard InChI is InChI=1S/C16H22N4O2S/c1-10(2)20(11(3)4)15(21)12(5)23-16-19-18-14(22-16)13-6-8-17-9-7-13/h6-12H,1-5H3. The molecule has 0 aliphatic carbocycles. The average Bonchev–Trinajstić information content (AvgIpc) is 2.95. The van der Waals surface area contributed by atoms with Gasteiger partial charge in [0.05, 0.1) is 5.25 Å². The molecule has 0 fully saturated rings. The van der Waals surface area contributed by atoms with Crippen LogP contribution in [0.1, 0.15) is 34.6 Å².